The maximum Gasteiger partial charge on any atom is 0.314 e. The van der Waals surface area contributed by atoms with Crippen molar-refractivity contribution in [3.05, 3.63) is 54.6 Å². The van der Waals surface area contributed by atoms with Gasteiger partial charge in [0, 0.05) is 0 Å². The Morgan fingerprint density at radius 2 is 1.72 bits per heavy atom. The Labute approximate surface area is 195 Å². The second kappa shape index (κ2) is 11.3. The summed E-state index contributed by atoms with van der Waals surface area (Å²) in [5, 5.41) is 0. The molecule has 2 nitrogen and oxygen atoms in total. The van der Waals surface area contributed by atoms with Crippen LogP contribution in [-0.2, 0) is 11.2 Å². The van der Waals surface area contributed by atoms with Gasteiger partial charge in [0.25, 0.3) is 0 Å². The topological polar surface area (TPSA) is 26.3 Å². The average Bonchev–Trinajstić information content (AvgIpc) is 2.84. The highest BCUT2D eigenvalue weighted by molar-refractivity contribution is 5.75. The van der Waals surface area contributed by atoms with Crippen molar-refractivity contribution < 1.29 is 9.53 Å². The van der Waals surface area contributed by atoms with Gasteiger partial charge in [-0.3, -0.25) is 4.79 Å². The Morgan fingerprint density at radius 1 is 0.969 bits per heavy atom. The molecule has 3 fully saturated rings. The molecule has 32 heavy (non-hydrogen) atoms. The fourth-order valence-electron chi connectivity index (χ4n) is 6.90. The van der Waals surface area contributed by atoms with Crippen molar-refractivity contribution in [1.29, 1.82) is 0 Å². The Balaban J connectivity index is 1.30. The van der Waals surface area contributed by atoms with E-state index in [2.05, 4.69) is 43.9 Å². The maximum absolute atomic E-state index is 13.1. The molecular weight excluding hydrogens is 392 g/mol. The third-order valence-corrected chi connectivity index (χ3v) is 8.79. The molecule has 3 saturated carbocycles. The molecule has 0 N–H and O–H groups in total. The summed E-state index contributed by atoms with van der Waals surface area (Å²) >= 11 is 0. The van der Waals surface area contributed by atoms with Crippen molar-refractivity contribution in [3.8, 4) is 5.75 Å². The summed E-state index contributed by atoms with van der Waals surface area (Å²) in [6, 6.07) is 8.14. The Morgan fingerprint density at radius 3 is 2.44 bits per heavy atom. The molecule has 4 rings (SSSR count). The van der Waals surface area contributed by atoms with E-state index in [9.17, 15) is 4.79 Å². The highest BCUT2D eigenvalue weighted by Crippen LogP contribution is 2.50. The first-order valence-electron chi connectivity index (χ1n) is 13.2. The number of benzene rings is 1. The monoisotopic (exact) mass is 434 g/mol. The molecule has 174 valence electrons. The number of aryl methyl sites for hydroxylation is 1. The van der Waals surface area contributed by atoms with Crippen LogP contribution in [0.2, 0.25) is 0 Å². The van der Waals surface area contributed by atoms with Crippen LogP contribution in [0.4, 0.5) is 0 Å². The molecule has 0 radical (unpaired) electrons. The summed E-state index contributed by atoms with van der Waals surface area (Å²) in [7, 11) is 0. The lowest BCUT2D eigenvalue weighted by Crippen LogP contribution is -2.40. The highest BCUT2D eigenvalue weighted by Gasteiger charge is 2.43. The Bertz CT molecular complexity index is 769. The number of hydrogen-bond donors (Lipinski definition) is 0. The summed E-state index contributed by atoms with van der Waals surface area (Å²) in [5.74, 6) is 4.63. The zero-order chi connectivity index (χ0) is 22.3. The van der Waals surface area contributed by atoms with Gasteiger partial charge in [-0.25, -0.2) is 0 Å². The van der Waals surface area contributed by atoms with Crippen LogP contribution < -0.4 is 4.74 Å². The minimum Gasteiger partial charge on any atom is -0.426 e. The Kier molecular flexibility index (Phi) is 8.27. The van der Waals surface area contributed by atoms with E-state index in [4.69, 9.17) is 4.74 Å². The molecule has 3 aliphatic carbocycles. The van der Waals surface area contributed by atoms with Crippen molar-refractivity contribution in [1.82, 2.24) is 0 Å². The summed E-state index contributed by atoms with van der Waals surface area (Å²) in [6.07, 6.45) is 21.4. The van der Waals surface area contributed by atoms with E-state index in [1.165, 1.54) is 63.4 Å². The fourth-order valence-corrected chi connectivity index (χ4v) is 6.90. The summed E-state index contributed by atoms with van der Waals surface area (Å²) in [5.41, 5.74) is 1.29. The van der Waals surface area contributed by atoms with Gasteiger partial charge in [-0.05, 0) is 118 Å². The van der Waals surface area contributed by atoms with E-state index >= 15 is 0 Å². The van der Waals surface area contributed by atoms with Crippen molar-refractivity contribution >= 4 is 5.97 Å². The van der Waals surface area contributed by atoms with Gasteiger partial charge in [0.05, 0.1) is 5.92 Å². The standard InChI is InChI=1S/C30H42O2/c1-3-5-6-8-23-13-18-27(19-14-23)32-30(31)29-10-7-9-26-21-25(17-20-28(26)29)24-15-11-22(4-2)12-16-24/h3-5,13-14,18-19,22,24-26,28-29H,2,6-12,15-17,20-21H2,1H3/b5-3+. The van der Waals surface area contributed by atoms with Gasteiger partial charge in [0.1, 0.15) is 5.75 Å². The summed E-state index contributed by atoms with van der Waals surface area (Å²) in [6.45, 7) is 6.06. The Hall–Kier alpha value is -1.83. The largest absolute Gasteiger partial charge is 0.426 e. The molecule has 3 aliphatic rings. The van der Waals surface area contributed by atoms with E-state index in [-0.39, 0.29) is 11.9 Å². The predicted octanol–water partition coefficient (Wildman–Crippen LogP) is 7.93. The minimum absolute atomic E-state index is 0.0197. The van der Waals surface area contributed by atoms with Crippen LogP contribution in [0.1, 0.15) is 83.1 Å². The van der Waals surface area contributed by atoms with Gasteiger partial charge in [-0.2, -0.15) is 0 Å². The molecular formula is C30H42O2. The third-order valence-electron chi connectivity index (χ3n) is 8.79. The SMILES string of the molecule is C=CC1CCC(C2CCC3C(CCCC3C(=O)Oc3ccc(CC/C=C/C)cc3)C2)CC1. The van der Waals surface area contributed by atoms with Crippen LogP contribution >= 0.6 is 0 Å². The van der Waals surface area contributed by atoms with E-state index in [1.807, 2.05) is 12.1 Å². The van der Waals surface area contributed by atoms with E-state index in [1.54, 1.807) is 0 Å². The van der Waals surface area contributed by atoms with Crippen molar-refractivity contribution in [2.75, 3.05) is 0 Å². The molecule has 0 heterocycles. The van der Waals surface area contributed by atoms with Gasteiger partial charge < -0.3 is 4.74 Å². The number of carbonyl (C=O) groups is 1. The van der Waals surface area contributed by atoms with Crippen LogP contribution in [0.25, 0.3) is 0 Å². The highest BCUT2D eigenvalue weighted by atomic mass is 16.5. The molecule has 0 saturated heterocycles. The molecule has 4 unspecified atom stereocenters. The first kappa shape index (κ1) is 23.3. The van der Waals surface area contributed by atoms with Gasteiger partial charge in [0.15, 0.2) is 0 Å². The molecule has 0 spiro atoms. The average molecular weight is 435 g/mol. The zero-order valence-corrected chi connectivity index (χ0v) is 20.0. The van der Waals surface area contributed by atoms with Crippen LogP contribution in [0.15, 0.2) is 49.1 Å². The molecule has 0 aliphatic heterocycles. The fraction of sp³-hybridized carbons (Fsp3) is 0.633. The van der Waals surface area contributed by atoms with Gasteiger partial charge in [-0.1, -0.05) is 43.2 Å². The van der Waals surface area contributed by atoms with Crippen molar-refractivity contribution in [2.45, 2.75) is 84.0 Å². The lowest BCUT2D eigenvalue weighted by Gasteiger charge is -2.45. The normalized spacial score (nSPS) is 32.9. The second-order valence-corrected chi connectivity index (χ2v) is 10.6. The lowest BCUT2D eigenvalue weighted by atomic mass is 9.59. The molecule has 0 bridgehead atoms. The maximum atomic E-state index is 13.1. The van der Waals surface area contributed by atoms with Crippen LogP contribution in [-0.4, -0.2) is 5.97 Å². The second-order valence-electron chi connectivity index (χ2n) is 10.6. The first-order chi connectivity index (χ1) is 15.7. The van der Waals surface area contributed by atoms with Crippen LogP contribution in [0.3, 0.4) is 0 Å². The number of fused-ring (bicyclic) bond motifs is 1. The molecule has 2 heteroatoms. The summed E-state index contributed by atoms with van der Waals surface area (Å²) in [4.78, 5) is 13.1. The number of rotatable bonds is 7. The summed E-state index contributed by atoms with van der Waals surface area (Å²) < 4.78 is 5.89. The van der Waals surface area contributed by atoms with Gasteiger partial charge in [0.2, 0.25) is 0 Å². The molecule has 1 aromatic rings. The van der Waals surface area contributed by atoms with E-state index in [0.29, 0.717) is 11.7 Å². The molecule has 0 amide bonds. The smallest absolute Gasteiger partial charge is 0.314 e. The molecule has 4 atom stereocenters. The van der Waals surface area contributed by atoms with E-state index < -0.39 is 0 Å². The van der Waals surface area contributed by atoms with Gasteiger partial charge >= 0.3 is 5.97 Å². The number of ether oxygens (including phenoxy) is 1. The van der Waals surface area contributed by atoms with Gasteiger partial charge in [-0.15, -0.1) is 6.58 Å². The molecule has 1 aromatic carbocycles. The van der Waals surface area contributed by atoms with Crippen molar-refractivity contribution in [2.24, 2.45) is 35.5 Å². The first-order valence-corrected chi connectivity index (χ1v) is 13.2. The van der Waals surface area contributed by atoms with Crippen LogP contribution in [0.5, 0.6) is 5.75 Å². The third kappa shape index (κ3) is 5.74. The van der Waals surface area contributed by atoms with Crippen LogP contribution in [0, 0.1) is 35.5 Å². The number of esters is 1. The number of carbonyl (C=O) groups excluding carboxylic acids is 1. The molecule has 0 aromatic heterocycles. The quantitative estimate of drug-likeness (QED) is 0.247. The predicted molar refractivity (Wildman–Crippen MR) is 133 cm³/mol. The number of hydrogen-bond acceptors (Lipinski definition) is 2. The minimum atomic E-state index is 0.0197. The number of allylic oxidation sites excluding steroid dienone is 3. The van der Waals surface area contributed by atoms with E-state index in [0.717, 1.165) is 42.9 Å². The lowest BCUT2D eigenvalue weighted by molar-refractivity contribution is -0.144. The zero-order valence-electron chi connectivity index (χ0n) is 20.0. The van der Waals surface area contributed by atoms with Crippen molar-refractivity contribution in [3.63, 3.8) is 0 Å².